The number of hydrogen-bond acceptors (Lipinski definition) is 1. The minimum atomic E-state index is -0.102. The van der Waals surface area contributed by atoms with Gasteiger partial charge in [-0.25, -0.2) is 0 Å². The van der Waals surface area contributed by atoms with E-state index < -0.39 is 0 Å². The normalized spacial score (nSPS) is 33.3. The highest BCUT2D eigenvalue weighted by molar-refractivity contribution is 4.81. The molecule has 0 radical (unpaired) electrons. The van der Waals surface area contributed by atoms with Crippen LogP contribution in [0.1, 0.15) is 46.5 Å². The molecule has 0 amide bonds. The Morgan fingerprint density at radius 2 is 2.09 bits per heavy atom. The first-order valence-corrected chi connectivity index (χ1v) is 4.69. The van der Waals surface area contributed by atoms with Gasteiger partial charge in [0, 0.05) is 0 Å². The molecule has 0 bridgehead atoms. The van der Waals surface area contributed by atoms with E-state index in [1.807, 2.05) is 6.92 Å². The van der Waals surface area contributed by atoms with Gasteiger partial charge in [0.15, 0.2) is 0 Å². The Morgan fingerprint density at radius 3 is 2.45 bits per heavy atom. The zero-order valence-corrected chi connectivity index (χ0v) is 7.93. The average molecular weight is 156 g/mol. The molecule has 66 valence electrons. The molecule has 1 saturated carbocycles. The van der Waals surface area contributed by atoms with Crippen LogP contribution in [0.4, 0.5) is 0 Å². The summed E-state index contributed by atoms with van der Waals surface area (Å²) in [6.07, 6.45) is 4.94. The molecule has 1 rings (SSSR count). The Bertz CT molecular complexity index is 127. The lowest BCUT2D eigenvalue weighted by Gasteiger charge is -2.36. The van der Waals surface area contributed by atoms with Crippen LogP contribution in [0.5, 0.6) is 0 Å². The molecule has 1 nitrogen and oxygen atoms in total. The fraction of sp³-hybridized carbons (Fsp3) is 1.00. The van der Waals surface area contributed by atoms with Crippen molar-refractivity contribution in [1.29, 1.82) is 0 Å². The molecule has 1 aliphatic rings. The maximum absolute atomic E-state index is 9.41. The van der Waals surface area contributed by atoms with Gasteiger partial charge >= 0.3 is 0 Å². The van der Waals surface area contributed by atoms with Crippen LogP contribution < -0.4 is 0 Å². The molecule has 1 heteroatoms. The van der Waals surface area contributed by atoms with Crippen molar-refractivity contribution < 1.29 is 5.11 Å². The van der Waals surface area contributed by atoms with Gasteiger partial charge in [0.05, 0.1) is 6.10 Å². The second-order valence-corrected chi connectivity index (χ2v) is 4.76. The molecule has 2 atom stereocenters. The van der Waals surface area contributed by atoms with Crippen LogP contribution in [0, 0.1) is 11.3 Å². The van der Waals surface area contributed by atoms with E-state index in [1.165, 1.54) is 25.7 Å². The molecule has 0 aliphatic heterocycles. The van der Waals surface area contributed by atoms with Crippen molar-refractivity contribution in [2.45, 2.75) is 52.6 Å². The first-order valence-electron chi connectivity index (χ1n) is 4.69. The Labute approximate surface area is 69.8 Å². The second-order valence-electron chi connectivity index (χ2n) is 4.76. The van der Waals surface area contributed by atoms with Crippen LogP contribution in [0.2, 0.25) is 0 Å². The standard InChI is InChI=1S/C10H20O/c1-8(11)9-5-4-6-10(2,3)7-9/h8-9,11H,4-7H2,1-3H3. The summed E-state index contributed by atoms with van der Waals surface area (Å²) >= 11 is 0. The van der Waals surface area contributed by atoms with Crippen molar-refractivity contribution >= 4 is 0 Å². The topological polar surface area (TPSA) is 20.2 Å². The van der Waals surface area contributed by atoms with Crippen molar-refractivity contribution in [3.05, 3.63) is 0 Å². The van der Waals surface area contributed by atoms with E-state index >= 15 is 0 Å². The molecule has 11 heavy (non-hydrogen) atoms. The van der Waals surface area contributed by atoms with Gasteiger partial charge in [0.25, 0.3) is 0 Å². The van der Waals surface area contributed by atoms with Crippen molar-refractivity contribution in [3.63, 3.8) is 0 Å². The minimum Gasteiger partial charge on any atom is -0.393 e. The van der Waals surface area contributed by atoms with E-state index in [0.717, 1.165) is 0 Å². The van der Waals surface area contributed by atoms with Crippen LogP contribution in [-0.4, -0.2) is 11.2 Å². The molecule has 2 unspecified atom stereocenters. The van der Waals surface area contributed by atoms with Crippen molar-refractivity contribution in [3.8, 4) is 0 Å². The summed E-state index contributed by atoms with van der Waals surface area (Å²) in [5.74, 6) is 0.554. The van der Waals surface area contributed by atoms with Crippen LogP contribution >= 0.6 is 0 Å². The summed E-state index contributed by atoms with van der Waals surface area (Å²) in [4.78, 5) is 0. The van der Waals surface area contributed by atoms with Gasteiger partial charge in [-0.15, -0.1) is 0 Å². The molecule has 1 N–H and O–H groups in total. The zero-order valence-electron chi connectivity index (χ0n) is 7.93. The molecular weight excluding hydrogens is 136 g/mol. The molecule has 0 aromatic carbocycles. The van der Waals surface area contributed by atoms with E-state index in [9.17, 15) is 5.11 Å². The Morgan fingerprint density at radius 1 is 1.45 bits per heavy atom. The van der Waals surface area contributed by atoms with Crippen molar-refractivity contribution in [2.75, 3.05) is 0 Å². The summed E-state index contributed by atoms with van der Waals surface area (Å²) < 4.78 is 0. The third kappa shape index (κ3) is 2.48. The van der Waals surface area contributed by atoms with Crippen LogP contribution in [0.25, 0.3) is 0 Å². The maximum Gasteiger partial charge on any atom is 0.0540 e. The lowest BCUT2D eigenvalue weighted by atomic mass is 9.71. The zero-order chi connectivity index (χ0) is 8.48. The lowest BCUT2D eigenvalue weighted by molar-refractivity contribution is 0.0588. The first kappa shape index (κ1) is 9.05. The number of aliphatic hydroxyl groups is 1. The van der Waals surface area contributed by atoms with Crippen LogP contribution in [0.3, 0.4) is 0 Å². The minimum absolute atomic E-state index is 0.102. The first-order chi connectivity index (χ1) is 5.01. The highest BCUT2D eigenvalue weighted by Crippen LogP contribution is 2.39. The quantitative estimate of drug-likeness (QED) is 0.618. The van der Waals surface area contributed by atoms with E-state index in [2.05, 4.69) is 13.8 Å². The molecule has 1 aliphatic carbocycles. The van der Waals surface area contributed by atoms with Crippen molar-refractivity contribution in [2.24, 2.45) is 11.3 Å². The van der Waals surface area contributed by atoms with Gasteiger partial charge in [-0.05, 0) is 37.5 Å². The maximum atomic E-state index is 9.41. The summed E-state index contributed by atoms with van der Waals surface area (Å²) in [5, 5.41) is 9.41. The fourth-order valence-corrected chi connectivity index (χ4v) is 2.17. The van der Waals surface area contributed by atoms with Gasteiger partial charge in [0.1, 0.15) is 0 Å². The van der Waals surface area contributed by atoms with E-state index in [-0.39, 0.29) is 6.10 Å². The SMILES string of the molecule is CC(O)C1CCCC(C)(C)C1. The smallest absolute Gasteiger partial charge is 0.0540 e. The number of aliphatic hydroxyl groups excluding tert-OH is 1. The predicted octanol–water partition coefficient (Wildman–Crippen LogP) is 2.58. The molecule has 0 aromatic heterocycles. The molecule has 1 fully saturated rings. The highest BCUT2D eigenvalue weighted by atomic mass is 16.3. The second kappa shape index (κ2) is 3.14. The third-order valence-corrected chi connectivity index (χ3v) is 2.93. The van der Waals surface area contributed by atoms with Gasteiger partial charge in [-0.3, -0.25) is 0 Å². The van der Waals surface area contributed by atoms with Gasteiger partial charge in [-0.1, -0.05) is 20.3 Å². The summed E-state index contributed by atoms with van der Waals surface area (Å²) in [7, 11) is 0. The van der Waals surface area contributed by atoms with E-state index in [0.29, 0.717) is 11.3 Å². The number of hydrogen-bond donors (Lipinski definition) is 1. The highest BCUT2D eigenvalue weighted by Gasteiger charge is 2.29. The van der Waals surface area contributed by atoms with E-state index in [4.69, 9.17) is 0 Å². The predicted molar refractivity (Wildman–Crippen MR) is 47.4 cm³/mol. The Kier molecular flexibility index (Phi) is 2.58. The molecule has 0 spiro atoms. The third-order valence-electron chi connectivity index (χ3n) is 2.93. The Balaban J connectivity index is 2.46. The monoisotopic (exact) mass is 156 g/mol. The van der Waals surface area contributed by atoms with Gasteiger partial charge in [-0.2, -0.15) is 0 Å². The Hall–Kier alpha value is -0.0400. The van der Waals surface area contributed by atoms with E-state index in [1.54, 1.807) is 0 Å². The average Bonchev–Trinajstić information content (AvgIpc) is 1.85. The summed E-state index contributed by atoms with van der Waals surface area (Å²) in [6.45, 7) is 6.54. The number of rotatable bonds is 1. The fourth-order valence-electron chi connectivity index (χ4n) is 2.17. The largest absolute Gasteiger partial charge is 0.393 e. The lowest BCUT2D eigenvalue weighted by Crippen LogP contribution is -2.28. The van der Waals surface area contributed by atoms with Gasteiger partial charge in [0.2, 0.25) is 0 Å². The molecule has 0 aromatic rings. The van der Waals surface area contributed by atoms with Gasteiger partial charge < -0.3 is 5.11 Å². The van der Waals surface area contributed by atoms with Crippen LogP contribution in [0.15, 0.2) is 0 Å². The summed E-state index contributed by atoms with van der Waals surface area (Å²) in [5.41, 5.74) is 0.472. The summed E-state index contributed by atoms with van der Waals surface area (Å²) in [6, 6.07) is 0. The van der Waals surface area contributed by atoms with Crippen LogP contribution in [-0.2, 0) is 0 Å². The molecule has 0 heterocycles. The molecular formula is C10H20O. The molecule has 0 saturated heterocycles. The van der Waals surface area contributed by atoms with Crippen molar-refractivity contribution in [1.82, 2.24) is 0 Å².